The molecule has 0 aliphatic rings. The van der Waals surface area contributed by atoms with E-state index in [0.29, 0.717) is 0 Å². The number of aromatic nitrogens is 1. The van der Waals surface area contributed by atoms with Crippen LogP contribution in [-0.4, -0.2) is 4.98 Å². The predicted molar refractivity (Wildman–Crippen MR) is 155 cm³/mol. The number of pyridine rings is 1. The molecule has 3 heteroatoms. The zero-order valence-electron chi connectivity index (χ0n) is 20.3. The lowest BCUT2D eigenvalue weighted by Crippen LogP contribution is -1.92. The first kappa shape index (κ1) is 21.1. The Hall–Kier alpha value is -5.02. The van der Waals surface area contributed by atoms with Crippen LogP contribution in [0.25, 0.3) is 76.8 Å². The monoisotopic (exact) mass is 489 g/mol. The van der Waals surface area contributed by atoms with E-state index >= 15 is 0 Å². The Bertz CT molecular complexity index is 2190. The summed E-state index contributed by atoms with van der Waals surface area (Å²) in [6.45, 7) is 0. The van der Waals surface area contributed by atoms with Gasteiger partial charge in [0.15, 0.2) is 0 Å². The zero-order valence-corrected chi connectivity index (χ0v) is 20.3. The molecule has 0 saturated carbocycles. The van der Waals surface area contributed by atoms with Crippen molar-refractivity contribution in [2.24, 2.45) is 0 Å². The highest BCUT2D eigenvalue weighted by atomic mass is 19.1. The second kappa shape index (κ2) is 7.99. The summed E-state index contributed by atoms with van der Waals surface area (Å²) in [5.74, 6) is -0.254. The highest BCUT2D eigenvalue weighted by Gasteiger charge is 2.16. The van der Waals surface area contributed by atoms with Crippen LogP contribution in [0.3, 0.4) is 0 Å². The van der Waals surface area contributed by atoms with E-state index in [2.05, 4.69) is 66.7 Å². The summed E-state index contributed by atoms with van der Waals surface area (Å²) in [6, 6.07) is 40.2. The first-order valence-corrected chi connectivity index (χ1v) is 12.7. The van der Waals surface area contributed by atoms with Gasteiger partial charge in [0, 0.05) is 32.5 Å². The molecule has 2 heterocycles. The lowest BCUT2D eigenvalue weighted by molar-refractivity contribution is 0.628. The minimum atomic E-state index is -0.254. The molecule has 0 N–H and O–H groups in total. The number of para-hydroxylation sites is 2. The van der Waals surface area contributed by atoms with Gasteiger partial charge in [-0.15, -0.1) is 0 Å². The fourth-order valence-electron chi connectivity index (χ4n) is 5.78. The molecule has 8 aromatic rings. The number of nitrogens with zero attached hydrogens (tertiary/aromatic N) is 1. The van der Waals surface area contributed by atoms with Crippen LogP contribution >= 0.6 is 0 Å². The van der Waals surface area contributed by atoms with Crippen molar-refractivity contribution in [2.75, 3.05) is 0 Å². The number of halogens is 1. The van der Waals surface area contributed by atoms with Crippen LogP contribution in [0.4, 0.5) is 4.39 Å². The summed E-state index contributed by atoms with van der Waals surface area (Å²) in [5, 5.41) is 7.88. The molecule has 0 aliphatic carbocycles. The van der Waals surface area contributed by atoms with Crippen LogP contribution in [0.15, 0.2) is 126 Å². The van der Waals surface area contributed by atoms with Crippen LogP contribution < -0.4 is 0 Å². The van der Waals surface area contributed by atoms with Gasteiger partial charge in [-0.2, -0.15) is 0 Å². The molecule has 2 aromatic heterocycles. The SMILES string of the molecule is Fc1ccc(-c2nc3ccccc3c3c2ccc2c(-c4ccc5c(c4)oc4ccccc45)cccc23)cc1. The van der Waals surface area contributed by atoms with Crippen molar-refractivity contribution < 1.29 is 8.81 Å². The van der Waals surface area contributed by atoms with Gasteiger partial charge >= 0.3 is 0 Å². The molecular weight excluding hydrogens is 469 g/mol. The maximum absolute atomic E-state index is 13.7. The van der Waals surface area contributed by atoms with Gasteiger partial charge in [0.2, 0.25) is 0 Å². The third-order valence-electron chi connectivity index (χ3n) is 7.53. The van der Waals surface area contributed by atoms with Crippen molar-refractivity contribution in [3.8, 4) is 22.4 Å². The average Bonchev–Trinajstić information content (AvgIpc) is 3.34. The Kier molecular flexibility index (Phi) is 4.44. The number of rotatable bonds is 2. The maximum Gasteiger partial charge on any atom is 0.136 e. The molecule has 6 aromatic carbocycles. The number of fused-ring (bicyclic) bond motifs is 8. The number of hydrogen-bond acceptors (Lipinski definition) is 2. The fourth-order valence-corrected chi connectivity index (χ4v) is 5.78. The van der Waals surface area contributed by atoms with E-state index < -0.39 is 0 Å². The number of hydrogen-bond donors (Lipinski definition) is 0. The molecule has 38 heavy (non-hydrogen) atoms. The normalized spacial score (nSPS) is 11.8. The van der Waals surface area contributed by atoms with Crippen LogP contribution in [0.2, 0.25) is 0 Å². The maximum atomic E-state index is 13.7. The Balaban J connectivity index is 1.43. The summed E-state index contributed by atoms with van der Waals surface area (Å²) in [5.41, 5.74) is 6.71. The first-order valence-electron chi connectivity index (χ1n) is 12.7. The van der Waals surface area contributed by atoms with Crippen molar-refractivity contribution in [3.05, 3.63) is 127 Å². The van der Waals surface area contributed by atoms with Crippen molar-refractivity contribution in [1.82, 2.24) is 4.98 Å². The molecular formula is C35H20FNO. The Morgan fingerprint density at radius 3 is 2.08 bits per heavy atom. The van der Waals surface area contributed by atoms with Crippen LogP contribution in [-0.2, 0) is 0 Å². The standard InChI is InChI=1S/C35H20FNO/c36-23-15-12-21(13-16-23)35-30-19-18-25-24(8-5-9-28(25)34(30)29-7-1-3-10-31(29)37-35)22-14-17-27-26-6-2-4-11-32(26)38-33(27)20-22/h1-20H. The summed E-state index contributed by atoms with van der Waals surface area (Å²) in [4.78, 5) is 5.01. The van der Waals surface area contributed by atoms with E-state index in [1.54, 1.807) is 12.1 Å². The molecule has 2 nitrogen and oxygen atoms in total. The van der Waals surface area contributed by atoms with Crippen molar-refractivity contribution in [2.45, 2.75) is 0 Å². The van der Waals surface area contributed by atoms with Gasteiger partial charge in [-0.25, -0.2) is 9.37 Å². The summed E-state index contributed by atoms with van der Waals surface area (Å²) >= 11 is 0. The number of benzene rings is 6. The van der Waals surface area contributed by atoms with Gasteiger partial charge in [0.25, 0.3) is 0 Å². The molecule has 0 bridgehead atoms. The van der Waals surface area contributed by atoms with Crippen LogP contribution in [0.5, 0.6) is 0 Å². The average molecular weight is 490 g/mol. The molecule has 0 radical (unpaired) electrons. The number of furan rings is 1. The Morgan fingerprint density at radius 2 is 1.18 bits per heavy atom. The molecule has 178 valence electrons. The minimum Gasteiger partial charge on any atom is -0.456 e. The summed E-state index contributed by atoms with van der Waals surface area (Å²) < 4.78 is 19.9. The topological polar surface area (TPSA) is 26.0 Å². The molecule has 8 rings (SSSR count). The molecule has 0 fully saturated rings. The van der Waals surface area contributed by atoms with E-state index in [-0.39, 0.29) is 5.82 Å². The van der Waals surface area contributed by atoms with Gasteiger partial charge in [-0.1, -0.05) is 72.8 Å². The largest absolute Gasteiger partial charge is 0.456 e. The smallest absolute Gasteiger partial charge is 0.136 e. The Morgan fingerprint density at radius 1 is 0.500 bits per heavy atom. The lowest BCUT2D eigenvalue weighted by Gasteiger charge is -2.14. The highest BCUT2D eigenvalue weighted by Crippen LogP contribution is 2.40. The first-order chi connectivity index (χ1) is 18.7. The van der Waals surface area contributed by atoms with Crippen molar-refractivity contribution >= 4 is 54.4 Å². The molecule has 0 saturated heterocycles. The highest BCUT2D eigenvalue weighted by molar-refractivity contribution is 6.24. The van der Waals surface area contributed by atoms with E-state index in [4.69, 9.17) is 9.40 Å². The molecule has 0 aliphatic heterocycles. The van der Waals surface area contributed by atoms with Gasteiger partial charge in [0.1, 0.15) is 17.0 Å². The van der Waals surface area contributed by atoms with Gasteiger partial charge < -0.3 is 4.42 Å². The van der Waals surface area contributed by atoms with Gasteiger partial charge in [-0.05, 0) is 70.4 Å². The zero-order chi connectivity index (χ0) is 25.2. The summed E-state index contributed by atoms with van der Waals surface area (Å²) in [6.07, 6.45) is 0. The van der Waals surface area contributed by atoms with Crippen molar-refractivity contribution in [1.29, 1.82) is 0 Å². The predicted octanol–water partition coefficient (Wildman–Crippen LogP) is 9.91. The van der Waals surface area contributed by atoms with E-state index in [0.717, 1.165) is 76.8 Å². The quantitative estimate of drug-likeness (QED) is 0.226. The van der Waals surface area contributed by atoms with E-state index in [1.165, 1.54) is 12.1 Å². The van der Waals surface area contributed by atoms with Gasteiger partial charge in [-0.3, -0.25) is 0 Å². The molecule has 0 unspecified atom stereocenters. The van der Waals surface area contributed by atoms with Gasteiger partial charge in [0.05, 0.1) is 11.2 Å². The van der Waals surface area contributed by atoms with Crippen LogP contribution in [0.1, 0.15) is 0 Å². The lowest BCUT2D eigenvalue weighted by atomic mass is 9.91. The van der Waals surface area contributed by atoms with E-state index in [1.807, 2.05) is 30.3 Å². The molecule has 0 atom stereocenters. The molecule has 0 amide bonds. The fraction of sp³-hybridized carbons (Fsp3) is 0. The second-order valence-electron chi connectivity index (χ2n) is 9.68. The third kappa shape index (κ3) is 3.09. The van der Waals surface area contributed by atoms with E-state index in [9.17, 15) is 4.39 Å². The van der Waals surface area contributed by atoms with Crippen LogP contribution in [0, 0.1) is 5.82 Å². The third-order valence-corrected chi connectivity index (χ3v) is 7.53. The molecule has 0 spiro atoms. The minimum absolute atomic E-state index is 0.254. The second-order valence-corrected chi connectivity index (χ2v) is 9.68. The van der Waals surface area contributed by atoms with Crippen molar-refractivity contribution in [3.63, 3.8) is 0 Å². The summed E-state index contributed by atoms with van der Waals surface area (Å²) in [7, 11) is 0. The Labute approximate surface area is 217 Å².